The summed E-state index contributed by atoms with van der Waals surface area (Å²) < 4.78 is 23.8. The molecule has 0 bridgehead atoms. The van der Waals surface area contributed by atoms with E-state index in [4.69, 9.17) is 11.6 Å². The van der Waals surface area contributed by atoms with Gasteiger partial charge in [-0.25, -0.2) is 8.42 Å². The fourth-order valence-corrected chi connectivity index (χ4v) is 3.17. The number of hydrogen-bond donors (Lipinski definition) is 1. The van der Waals surface area contributed by atoms with Crippen LogP contribution in [0.1, 0.15) is 12.8 Å². The minimum Gasteiger partial charge on any atom is -0.392 e. The molecule has 1 N–H and O–H groups in total. The van der Waals surface area contributed by atoms with Crippen molar-refractivity contribution in [3.8, 4) is 0 Å². The minimum absolute atomic E-state index is 0.169. The summed E-state index contributed by atoms with van der Waals surface area (Å²) in [6.07, 6.45) is 1.12. The predicted octanol–water partition coefficient (Wildman–Crippen LogP) is 1.88. The normalized spacial score (nSPS) is 18.4. The summed E-state index contributed by atoms with van der Waals surface area (Å²) in [4.78, 5) is 0.219. The number of aliphatic hydroxyl groups is 1. The number of aliphatic hydroxyl groups excluding tert-OH is 1. The van der Waals surface area contributed by atoms with Crippen molar-refractivity contribution in [2.45, 2.75) is 23.8 Å². The van der Waals surface area contributed by atoms with Gasteiger partial charge in [-0.05, 0) is 43.0 Å². The first kappa shape index (κ1) is 11.9. The van der Waals surface area contributed by atoms with Crippen molar-refractivity contribution in [1.82, 2.24) is 0 Å². The van der Waals surface area contributed by atoms with Gasteiger partial charge in [0.15, 0.2) is 9.84 Å². The van der Waals surface area contributed by atoms with Gasteiger partial charge in [0.1, 0.15) is 0 Å². The van der Waals surface area contributed by atoms with Gasteiger partial charge >= 0.3 is 0 Å². The molecule has 1 saturated carbocycles. The van der Waals surface area contributed by atoms with E-state index in [1.54, 1.807) is 0 Å². The smallest absolute Gasteiger partial charge is 0.180 e. The van der Waals surface area contributed by atoms with Crippen LogP contribution in [0.2, 0.25) is 5.02 Å². The van der Waals surface area contributed by atoms with Gasteiger partial charge in [-0.1, -0.05) is 11.6 Å². The molecule has 0 amide bonds. The molecular weight excluding hydrogens is 248 g/mol. The molecule has 88 valence electrons. The summed E-state index contributed by atoms with van der Waals surface area (Å²) in [6.45, 7) is 0. The molecule has 0 radical (unpaired) electrons. The van der Waals surface area contributed by atoms with Crippen molar-refractivity contribution in [2.75, 3.05) is 5.75 Å². The van der Waals surface area contributed by atoms with E-state index in [1.165, 1.54) is 24.3 Å². The zero-order chi connectivity index (χ0) is 11.8. The quantitative estimate of drug-likeness (QED) is 0.899. The van der Waals surface area contributed by atoms with E-state index in [0.29, 0.717) is 5.02 Å². The molecule has 1 aromatic rings. The molecule has 3 nitrogen and oxygen atoms in total. The largest absolute Gasteiger partial charge is 0.392 e. The Hall–Kier alpha value is -0.580. The van der Waals surface area contributed by atoms with Gasteiger partial charge < -0.3 is 5.11 Å². The summed E-state index contributed by atoms with van der Waals surface area (Å²) in [5.41, 5.74) is 0. The van der Waals surface area contributed by atoms with E-state index < -0.39 is 15.9 Å². The number of sulfone groups is 1. The Kier molecular flexibility index (Phi) is 3.24. The molecule has 5 heteroatoms. The van der Waals surface area contributed by atoms with Crippen LogP contribution in [0, 0.1) is 5.92 Å². The maximum atomic E-state index is 11.9. The zero-order valence-corrected chi connectivity index (χ0v) is 10.2. The third-order valence-corrected chi connectivity index (χ3v) is 4.75. The lowest BCUT2D eigenvalue weighted by atomic mass is 10.3. The maximum Gasteiger partial charge on any atom is 0.180 e. The molecule has 1 aliphatic carbocycles. The molecule has 1 atom stereocenters. The van der Waals surface area contributed by atoms with Crippen LogP contribution in [-0.2, 0) is 9.84 Å². The van der Waals surface area contributed by atoms with Crippen molar-refractivity contribution < 1.29 is 13.5 Å². The molecule has 0 aliphatic heterocycles. The highest BCUT2D eigenvalue weighted by Gasteiger charge is 2.33. The molecule has 2 rings (SSSR count). The Morgan fingerprint density at radius 2 is 1.88 bits per heavy atom. The third-order valence-electron chi connectivity index (χ3n) is 2.73. The van der Waals surface area contributed by atoms with E-state index in [0.717, 1.165) is 12.8 Å². The Morgan fingerprint density at radius 3 is 2.38 bits per heavy atom. The average Bonchev–Trinajstić information content (AvgIpc) is 3.00. The number of hydrogen-bond acceptors (Lipinski definition) is 3. The molecule has 16 heavy (non-hydrogen) atoms. The van der Waals surface area contributed by atoms with Crippen LogP contribution in [0.5, 0.6) is 0 Å². The lowest BCUT2D eigenvalue weighted by molar-refractivity contribution is 0.174. The van der Waals surface area contributed by atoms with E-state index in [1.807, 2.05) is 0 Å². The van der Waals surface area contributed by atoms with Crippen LogP contribution in [0.3, 0.4) is 0 Å². The van der Waals surface area contributed by atoms with E-state index in [-0.39, 0.29) is 16.6 Å². The molecule has 1 unspecified atom stereocenters. The van der Waals surface area contributed by atoms with E-state index in [2.05, 4.69) is 0 Å². The first-order valence-corrected chi connectivity index (χ1v) is 7.18. The fourth-order valence-electron chi connectivity index (χ4n) is 1.58. The lowest BCUT2D eigenvalue weighted by Crippen LogP contribution is -2.22. The Labute approximate surface area is 100.0 Å². The maximum absolute atomic E-state index is 11.9. The van der Waals surface area contributed by atoms with E-state index in [9.17, 15) is 13.5 Å². The minimum atomic E-state index is -3.39. The predicted molar refractivity (Wildman–Crippen MR) is 62.2 cm³/mol. The second-order valence-electron chi connectivity index (χ2n) is 4.14. The van der Waals surface area contributed by atoms with Gasteiger partial charge in [0, 0.05) is 5.02 Å². The molecule has 0 aromatic heterocycles. The highest BCUT2D eigenvalue weighted by atomic mass is 35.5. The number of halogens is 1. The van der Waals surface area contributed by atoms with Crippen molar-refractivity contribution in [2.24, 2.45) is 5.92 Å². The molecule has 0 spiro atoms. The van der Waals surface area contributed by atoms with Gasteiger partial charge in [-0.2, -0.15) is 0 Å². The number of rotatable bonds is 4. The Morgan fingerprint density at radius 1 is 1.31 bits per heavy atom. The average molecular weight is 261 g/mol. The van der Waals surface area contributed by atoms with Crippen LogP contribution in [0.15, 0.2) is 29.2 Å². The SMILES string of the molecule is O=S(=O)(CC(O)C1CC1)c1ccc(Cl)cc1. The summed E-state index contributed by atoms with van der Waals surface area (Å²) >= 11 is 5.68. The van der Waals surface area contributed by atoms with Crippen LogP contribution < -0.4 is 0 Å². The molecule has 1 aliphatic rings. The monoisotopic (exact) mass is 260 g/mol. The van der Waals surface area contributed by atoms with Crippen LogP contribution in [0.4, 0.5) is 0 Å². The second kappa shape index (κ2) is 4.35. The van der Waals surface area contributed by atoms with Crippen LogP contribution in [0.25, 0.3) is 0 Å². The fraction of sp³-hybridized carbons (Fsp3) is 0.455. The van der Waals surface area contributed by atoms with Crippen molar-refractivity contribution in [1.29, 1.82) is 0 Å². The van der Waals surface area contributed by atoms with Crippen molar-refractivity contribution in [3.63, 3.8) is 0 Å². The summed E-state index contributed by atoms with van der Waals surface area (Å²) in [5, 5.41) is 10.1. The first-order valence-electron chi connectivity index (χ1n) is 5.15. The molecule has 0 heterocycles. The standard InChI is InChI=1S/C11H13ClO3S/c12-9-3-5-10(6-4-9)16(14,15)7-11(13)8-1-2-8/h3-6,8,11,13H,1-2,7H2. The van der Waals surface area contributed by atoms with Crippen molar-refractivity contribution >= 4 is 21.4 Å². The zero-order valence-electron chi connectivity index (χ0n) is 8.64. The second-order valence-corrected chi connectivity index (χ2v) is 6.61. The van der Waals surface area contributed by atoms with Crippen LogP contribution in [-0.4, -0.2) is 25.4 Å². The Balaban J connectivity index is 2.14. The highest BCUT2D eigenvalue weighted by molar-refractivity contribution is 7.91. The molecule has 1 aromatic carbocycles. The summed E-state index contributed by atoms with van der Waals surface area (Å²) in [5.74, 6) is -0.0266. The molecule has 0 saturated heterocycles. The molecule has 1 fully saturated rings. The topological polar surface area (TPSA) is 54.4 Å². The van der Waals surface area contributed by atoms with Crippen LogP contribution >= 0.6 is 11.6 Å². The van der Waals surface area contributed by atoms with Gasteiger partial charge in [0.25, 0.3) is 0 Å². The Bertz CT molecular complexity index is 463. The third kappa shape index (κ3) is 2.75. The first-order chi connectivity index (χ1) is 7.49. The highest BCUT2D eigenvalue weighted by Crippen LogP contribution is 2.33. The molecular formula is C11H13ClO3S. The van der Waals surface area contributed by atoms with Gasteiger partial charge in [0.05, 0.1) is 16.8 Å². The lowest BCUT2D eigenvalue weighted by Gasteiger charge is -2.09. The van der Waals surface area contributed by atoms with E-state index >= 15 is 0 Å². The number of benzene rings is 1. The summed E-state index contributed by atoms with van der Waals surface area (Å²) in [7, 11) is -3.39. The van der Waals surface area contributed by atoms with Gasteiger partial charge in [-0.3, -0.25) is 0 Å². The van der Waals surface area contributed by atoms with Gasteiger partial charge in [-0.15, -0.1) is 0 Å². The van der Waals surface area contributed by atoms with Crippen molar-refractivity contribution in [3.05, 3.63) is 29.3 Å². The van der Waals surface area contributed by atoms with Gasteiger partial charge in [0.2, 0.25) is 0 Å². The summed E-state index contributed by atoms with van der Waals surface area (Å²) in [6, 6.07) is 6.02.